The maximum Gasteiger partial charge on any atom is 0.451 e. The maximum absolute atomic E-state index is 12.9. The van der Waals surface area contributed by atoms with Crippen molar-refractivity contribution in [3.63, 3.8) is 0 Å². The molecule has 0 radical (unpaired) electrons. The summed E-state index contributed by atoms with van der Waals surface area (Å²) >= 11 is 0. The van der Waals surface area contributed by atoms with Gasteiger partial charge in [0.1, 0.15) is 11.7 Å². The fourth-order valence-electron chi connectivity index (χ4n) is 4.08. The number of hydrogen-bond acceptors (Lipinski definition) is 10. The molecule has 0 aliphatic carbocycles. The molecule has 194 valence electrons. The zero-order chi connectivity index (χ0) is 28.8. The summed E-state index contributed by atoms with van der Waals surface area (Å²) in [7, 11) is 0. The van der Waals surface area contributed by atoms with Crippen LogP contribution >= 0.6 is 0 Å². The predicted molar refractivity (Wildman–Crippen MR) is 125 cm³/mol. The number of carbonyl (C=O) groups is 1. The van der Waals surface area contributed by atoms with Crippen molar-refractivity contribution in [1.29, 1.82) is 0 Å². The number of hydrogen-bond donors (Lipinski definition) is 2. The molecule has 37 heavy (non-hydrogen) atoms. The van der Waals surface area contributed by atoms with Crippen LogP contribution in [0.4, 0.5) is 30.6 Å². The van der Waals surface area contributed by atoms with E-state index >= 15 is 0 Å². The zero-order valence-corrected chi connectivity index (χ0v) is 19.5. The van der Waals surface area contributed by atoms with Crippen LogP contribution in [0.1, 0.15) is 33.3 Å². The van der Waals surface area contributed by atoms with E-state index in [1.807, 2.05) is 0 Å². The second-order valence-corrected chi connectivity index (χ2v) is 8.43. The van der Waals surface area contributed by atoms with Crippen LogP contribution in [-0.4, -0.2) is 62.1 Å². The average Bonchev–Trinajstić information content (AvgIpc) is 2.89. The lowest BCUT2D eigenvalue weighted by Crippen LogP contribution is -2.55. The van der Waals surface area contributed by atoms with Gasteiger partial charge >= 0.3 is 6.18 Å². The molecular formula is C23H23F3N8O3. The lowest BCUT2D eigenvalue weighted by molar-refractivity contribution is -0.145. The molecule has 11 nitrogen and oxygen atoms in total. The second kappa shape index (κ2) is 9.42. The van der Waals surface area contributed by atoms with Crippen molar-refractivity contribution in [2.75, 3.05) is 35.2 Å². The molecule has 5 rings (SSSR count). The van der Waals surface area contributed by atoms with Crippen molar-refractivity contribution in [1.82, 2.24) is 24.9 Å². The molecule has 0 bridgehead atoms. The molecule has 0 saturated carbocycles. The van der Waals surface area contributed by atoms with E-state index in [4.69, 9.17) is 8.85 Å². The number of nitrogens with one attached hydrogen (secondary N) is 1. The fourth-order valence-corrected chi connectivity index (χ4v) is 4.08. The normalized spacial score (nSPS) is 18.6. The van der Waals surface area contributed by atoms with Crippen LogP contribution in [0, 0.1) is 6.92 Å². The molecule has 0 spiro atoms. The molecular weight excluding hydrogens is 493 g/mol. The number of nitrogens with zero attached hydrogens (tertiary/aromatic N) is 7. The molecule has 3 aromatic rings. The Morgan fingerprint density at radius 2 is 2.08 bits per heavy atom. The summed E-state index contributed by atoms with van der Waals surface area (Å²) in [5, 5.41) is 12.9. The Kier molecular flexibility index (Phi) is 5.36. The van der Waals surface area contributed by atoms with Gasteiger partial charge in [-0.25, -0.2) is 19.9 Å². The number of rotatable bonds is 6. The zero-order valence-electron chi connectivity index (χ0n) is 22.5. The first-order valence-corrected chi connectivity index (χ1v) is 11.3. The summed E-state index contributed by atoms with van der Waals surface area (Å²) in [5.74, 6) is -1.47. The van der Waals surface area contributed by atoms with E-state index in [2.05, 4.69) is 30.2 Å². The van der Waals surface area contributed by atoms with Crippen molar-refractivity contribution in [2.24, 2.45) is 0 Å². The van der Waals surface area contributed by atoms with E-state index in [9.17, 15) is 23.1 Å². The Labute approximate surface area is 213 Å². The minimum Gasteiger partial charge on any atom is -0.436 e. The number of alkyl halides is 3. The van der Waals surface area contributed by atoms with Crippen molar-refractivity contribution in [2.45, 2.75) is 38.5 Å². The number of aromatic nitrogens is 5. The molecule has 2 aliphatic heterocycles. The number of aryl methyl sites for hydroxylation is 2. The SMILES string of the molecule is [2H]C([2H])([2H])N1c2nc(NCc3ccc(Oc4cnc(C(F)(F)F)nc4C)nc3)nc3c2N(CCC3)C(=O)[C@@H]1CO. The third-order valence-electron chi connectivity index (χ3n) is 5.92. The van der Waals surface area contributed by atoms with Crippen LogP contribution in [0.3, 0.4) is 0 Å². The minimum absolute atomic E-state index is 0.00167. The fraction of sp³-hybridized carbons (Fsp3) is 0.391. The number of likely N-dealkylation sites (N-methyl/N-ethyl adjacent to an activating group) is 1. The van der Waals surface area contributed by atoms with Gasteiger partial charge in [0.25, 0.3) is 5.91 Å². The monoisotopic (exact) mass is 519 g/mol. The maximum atomic E-state index is 12.9. The van der Waals surface area contributed by atoms with E-state index in [0.29, 0.717) is 36.3 Å². The summed E-state index contributed by atoms with van der Waals surface area (Å²) in [6.07, 6.45) is -1.13. The average molecular weight is 520 g/mol. The van der Waals surface area contributed by atoms with E-state index in [-0.39, 0.29) is 35.6 Å². The highest BCUT2D eigenvalue weighted by atomic mass is 19.4. The molecule has 1 atom stereocenters. The third kappa shape index (κ3) is 4.71. The van der Waals surface area contributed by atoms with E-state index in [0.717, 1.165) is 11.1 Å². The first-order chi connectivity index (χ1) is 18.9. The molecule has 0 aromatic carbocycles. The largest absolute Gasteiger partial charge is 0.451 e. The quantitative estimate of drug-likeness (QED) is 0.501. The summed E-state index contributed by atoms with van der Waals surface area (Å²) in [6, 6.07) is 1.87. The second-order valence-electron chi connectivity index (χ2n) is 8.43. The Morgan fingerprint density at radius 3 is 2.76 bits per heavy atom. The molecule has 0 fully saturated rings. The van der Waals surface area contributed by atoms with Crippen LogP contribution < -0.4 is 19.9 Å². The number of anilines is 3. The van der Waals surface area contributed by atoms with Gasteiger partial charge in [0, 0.05) is 36.4 Å². The van der Waals surface area contributed by atoms with Gasteiger partial charge in [-0.2, -0.15) is 18.2 Å². The van der Waals surface area contributed by atoms with Crippen molar-refractivity contribution in [3.05, 3.63) is 47.3 Å². The molecule has 3 aromatic heterocycles. The minimum atomic E-state index is -4.67. The first kappa shape index (κ1) is 21.1. The van der Waals surface area contributed by atoms with Gasteiger partial charge in [-0.1, -0.05) is 6.07 Å². The molecule has 2 N–H and O–H groups in total. The third-order valence-corrected chi connectivity index (χ3v) is 5.92. The lowest BCUT2D eigenvalue weighted by Gasteiger charge is -2.42. The van der Waals surface area contributed by atoms with Crippen molar-refractivity contribution in [3.8, 4) is 11.6 Å². The van der Waals surface area contributed by atoms with Gasteiger partial charge in [-0.15, -0.1) is 0 Å². The molecule has 1 amide bonds. The number of ether oxygens (including phenoxy) is 1. The van der Waals surface area contributed by atoms with Crippen LogP contribution in [0.2, 0.25) is 0 Å². The van der Waals surface area contributed by atoms with Gasteiger partial charge in [0.2, 0.25) is 17.7 Å². The molecule has 2 aliphatic rings. The van der Waals surface area contributed by atoms with Gasteiger partial charge in [0.05, 0.1) is 24.2 Å². The van der Waals surface area contributed by atoms with E-state index in [1.165, 1.54) is 24.1 Å². The molecule has 0 unspecified atom stereocenters. The number of halogens is 3. The Hall–Kier alpha value is -4.07. The lowest BCUT2D eigenvalue weighted by atomic mass is 10.0. The molecule has 5 heterocycles. The van der Waals surface area contributed by atoms with Gasteiger partial charge in [0.15, 0.2) is 11.6 Å². The predicted octanol–water partition coefficient (Wildman–Crippen LogP) is 2.48. The number of aliphatic hydroxyl groups excluding tert-OH is 1. The highest BCUT2D eigenvalue weighted by Crippen LogP contribution is 2.39. The topological polar surface area (TPSA) is 129 Å². The standard InChI is InChI=1S/C23H23F3N8O3/c1-12-16(10-28-21(30-12)23(24,25)26)37-17-6-5-13(8-27-17)9-29-22-31-14-4-3-7-34-18(14)19(32-22)33(2)15(11-35)20(34)36/h5-6,8,10,15,35H,3-4,7,9,11H2,1-2H3,(H,29,31,32)/t15-/m0/s1/i2D3. The highest BCUT2D eigenvalue weighted by Gasteiger charge is 2.40. The first-order valence-electron chi connectivity index (χ1n) is 12.8. The summed E-state index contributed by atoms with van der Waals surface area (Å²) in [5.41, 5.74) is 1.53. The Morgan fingerprint density at radius 1 is 1.24 bits per heavy atom. The summed E-state index contributed by atoms with van der Waals surface area (Å²) < 4.78 is 67.8. The number of carbonyl (C=O) groups excluding carboxylic acids is 1. The number of amides is 1. The summed E-state index contributed by atoms with van der Waals surface area (Å²) in [4.78, 5) is 35.0. The number of pyridine rings is 1. The van der Waals surface area contributed by atoms with Gasteiger partial charge in [-0.3, -0.25) is 4.79 Å². The number of aliphatic hydroxyl groups is 1. The van der Waals surface area contributed by atoms with Gasteiger partial charge < -0.3 is 25.0 Å². The van der Waals surface area contributed by atoms with Gasteiger partial charge in [-0.05, 0) is 25.3 Å². The smallest absolute Gasteiger partial charge is 0.436 e. The van der Waals surface area contributed by atoms with E-state index in [1.54, 1.807) is 6.07 Å². The molecule has 0 saturated heterocycles. The Balaban J connectivity index is 1.34. The summed E-state index contributed by atoms with van der Waals surface area (Å²) in [6.45, 7) is -1.50. The van der Waals surface area contributed by atoms with Crippen LogP contribution in [0.15, 0.2) is 24.5 Å². The van der Waals surface area contributed by atoms with Crippen LogP contribution in [0.25, 0.3) is 0 Å². The molecule has 14 heteroatoms. The van der Waals surface area contributed by atoms with Crippen molar-refractivity contribution >= 4 is 23.4 Å². The van der Waals surface area contributed by atoms with Crippen LogP contribution in [0.5, 0.6) is 11.6 Å². The highest BCUT2D eigenvalue weighted by molar-refractivity contribution is 6.05. The Bertz CT molecular complexity index is 1440. The van der Waals surface area contributed by atoms with E-state index < -0.39 is 37.5 Å². The van der Waals surface area contributed by atoms with Crippen LogP contribution in [-0.2, 0) is 23.9 Å². The van der Waals surface area contributed by atoms with Crippen molar-refractivity contribution < 1.29 is 31.9 Å².